The van der Waals surface area contributed by atoms with Gasteiger partial charge in [-0.05, 0) is 37.8 Å². The second-order valence-corrected chi connectivity index (χ2v) is 6.30. The summed E-state index contributed by atoms with van der Waals surface area (Å²) in [6.45, 7) is 1.40. The maximum absolute atomic E-state index is 12.1. The van der Waals surface area contributed by atoms with Crippen LogP contribution in [0.15, 0.2) is 24.3 Å². The third-order valence-corrected chi connectivity index (χ3v) is 4.30. The molecule has 23 heavy (non-hydrogen) atoms. The topological polar surface area (TPSA) is 84.7 Å². The molecule has 6 nitrogen and oxygen atoms in total. The van der Waals surface area contributed by atoms with Crippen LogP contribution < -0.4 is 15.8 Å². The number of amides is 2. The molecule has 0 spiro atoms. The van der Waals surface area contributed by atoms with Crippen LogP contribution in [-0.2, 0) is 9.59 Å². The highest BCUT2D eigenvalue weighted by atomic mass is 16.5. The van der Waals surface area contributed by atoms with Crippen LogP contribution in [0.5, 0.6) is 5.75 Å². The van der Waals surface area contributed by atoms with E-state index in [4.69, 9.17) is 10.5 Å². The largest absolute Gasteiger partial charge is 0.484 e. The minimum absolute atomic E-state index is 0.00919. The lowest BCUT2D eigenvalue weighted by Crippen LogP contribution is -2.44. The third-order valence-electron chi connectivity index (χ3n) is 4.30. The van der Waals surface area contributed by atoms with Gasteiger partial charge in [-0.3, -0.25) is 9.59 Å². The van der Waals surface area contributed by atoms with Crippen LogP contribution >= 0.6 is 0 Å². The van der Waals surface area contributed by atoms with Gasteiger partial charge in [0.05, 0.1) is 0 Å². The van der Waals surface area contributed by atoms with Crippen molar-refractivity contribution in [3.05, 3.63) is 24.3 Å². The fraction of sp³-hybridized carbons (Fsp3) is 0.529. The SMILES string of the molecule is NC1CCN(C(=O)COc2cccc(NC(=O)C3CC3)c2)CC1. The summed E-state index contributed by atoms with van der Waals surface area (Å²) in [6.07, 6.45) is 3.62. The third kappa shape index (κ3) is 4.45. The number of hydrogen-bond donors (Lipinski definition) is 2. The lowest BCUT2D eigenvalue weighted by Gasteiger charge is -2.30. The standard InChI is InChI=1S/C17H23N3O3/c18-13-6-8-20(9-7-13)16(21)11-23-15-3-1-2-14(10-15)19-17(22)12-4-5-12/h1-3,10,12-13H,4-9,11,18H2,(H,19,22). The summed E-state index contributed by atoms with van der Waals surface area (Å²) in [5.41, 5.74) is 6.54. The van der Waals surface area contributed by atoms with Crippen LogP contribution in [0.2, 0.25) is 0 Å². The summed E-state index contributed by atoms with van der Waals surface area (Å²) in [5, 5.41) is 2.87. The molecular formula is C17H23N3O3. The Kier molecular flexibility index (Phi) is 4.81. The van der Waals surface area contributed by atoms with Crippen LogP contribution in [0.4, 0.5) is 5.69 Å². The second-order valence-electron chi connectivity index (χ2n) is 6.30. The van der Waals surface area contributed by atoms with Crippen molar-refractivity contribution in [1.82, 2.24) is 4.90 Å². The fourth-order valence-electron chi connectivity index (χ4n) is 2.64. The first-order valence-electron chi connectivity index (χ1n) is 8.19. The molecule has 0 bridgehead atoms. The molecule has 3 rings (SSSR count). The summed E-state index contributed by atoms with van der Waals surface area (Å²) < 4.78 is 5.57. The highest BCUT2D eigenvalue weighted by molar-refractivity contribution is 5.94. The fourth-order valence-corrected chi connectivity index (χ4v) is 2.64. The van der Waals surface area contributed by atoms with Crippen LogP contribution in [0, 0.1) is 5.92 Å². The van der Waals surface area contributed by atoms with Gasteiger partial charge in [0.1, 0.15) is 5.75 Å². The van der Waals surface area contributed by atoms with E-state index >= 15 is 0 Å². The van der Waals surface area contributed by atoms with Crippen molar-refractivity contribution in [2.45, 2.75) is 31.7 Å². The number of carbonyl (C=O) groups excluding carboxylic acids is 2. The van der Waals surface area contributed by atoms with Gasteiger partial charge in [-0.2, -0.15) is 0 Å². The maximum atomic E-state index is 12.1. The molecule has 1 aliphatic heterocycles. The molecule has 6 heteroatoms. The molecule has 2 aliphatic rings. The van der Waals surface area contributed by atoms with E-state index in [0.717, 1.165) is 25.7 Å². The molecule has 2 fully saturated rings. The van der Waals surface area contributed by atoms with Gasteiger partial charge in [-0.25, -0.2) is 0 Å². The van der Waals surface area contributed by atoms with Crippen LogP contribution in [0.25, 0.3) is 0 Å². The van der Waals surface area contributed by atoms with Crippen molar-refractivity contribution in [3.8, 4) is 5.75 Å². The summed E-state index contributed by atoms with van der Waals surface area (Å²) in [5.74, 6) is 0.777. The summed E-state index contributed by atoms with van der Waals surface area (Å²) >= 11 is 0. The number of anilines is 1. The zero-order chi connectivity index (χ0) is 16.2. The molecule has 2 amide bonds. The molecule has 0 aromatic heterocycles. The number of nitrogens with zero attached hydrogens (tertiary/aromatic N) is 1. The Morgan fingerprint density at radius 1 is 1.22 bits per heavy atom. The highest BCUT2D eigenvalue weighted by Gasteiger charge is 2.29. The predicted octanol–water partition coefficient (Wildman–Crippen LogP) is 1.36. The monoisotopic (exact) mass is 317 g/mol. The zero-order valence-electron chi connectivity index (χ0n) is 13.2. The Balaban J connectivity index is 1.49. The van der Waals surface area contributed by atoms with E-state index in [9.17, 15) is 9.59 Å². The van der Waals surface area contributed by atoms with E-state index in [1.54, 1.807) is 17.0 Å². The zero-order valence-corrected chi connectivity index (χ0v) is 13.2. The Morgan fingerprint density at radius 2 is 1.96 bits per heavy atom. The van der Waals surface area contributed by atoms with Crippen molar-refractivity contribution >= 4 is 17.5 Å². The van der Waals surface area contributed by atoms with E-state index < -0.39 is 0 Å². The Morgan fingerprint density at radius 3 is 2.65 bits per heavy atom. The van der Waals surface area contributed by atoms with E-state index in [-0.39, 0.29) is 30.4 Å². The van der Waals surface area contributed by atoms with Gasteiger partial charge >= 0.3 is 0 Å². The molecule has 1 aromatic carbocycles. The van der Waals surface area contributed by atoms with Gasteiger partial charge in [0, 0.05) is 36.8 Å². The molecule has 3 N–H and O–H groups in total. The molecule has 0 atom stereocenters. The van der Waals surface area contributed by atoms with Gasteiger partial charge in [0.2, 0.25) is 5.91 Å². The number of rotatable bonds is 5. The lowest BCUT2D eigenvalue weighted by molar-refractivity contribution is -0.134. The number of ether oxygens (including phenoxy) is 1. The average molecular weight is 317 g/mol. The second kappa shape index (κ2) is 7.00. The molecule has 1 heterocycles. The predicted molar refractivity (Wildman–Crippen MR) is 87.1 cm³/mol. The smallest absolute Gasteiger partial charge is 0.260 e. The first-order valence-corrected chi connectivity index (χ1v) is 8.19. The number of carbonyl (C=O) groups is 2. The molecule has 0 radical (unpaired) electrons. The van der Waals surface area contributed by atoms with Crippen molar-refractivity contribution in [1.29, 1.82) is 0 Å². The number of likely N-dealkylation sites (tertiary alicyclic amines) is 1. The Hall–Kier alpha value is -2.08. The van der Waals surface area contributed by atoms with Crippen molar-refractivity contribution in [3.63, 3.8) is 0 Å². The van der Waals surface area contributed by atoms with Crippen LogP contribution in [0.1, 0.15) is 25.7 Å². The minimum Gasteiger partial charge on any atom is -0.484 e. The first kappa shape index (κ1) is 15.8. The molecule has 1 aliphatic carbocycles. The molecular weight excluding hydrogens is 294 g/mol. The molecule has 0 unspecified atom stereocenters. The minimum atomic E-state index is -0.0238. The highest BCUT2D eigenvalue weighted by Crippen LogP contribution is 2.30. The van der Waals surface area contributed by atoms with E-state index in [1.807, 2.05) is 12.1 Å². The van der Waals surface area contributed by atoms with Gasteiger partial charge in [0.25, 0.3) is 5.91 Å². The maximum Gasteiger partial charge on any atom is 0.260 e. The average Bonchev–Trinajstić information content (AvgIpc) is 3.38. The molecule has 1 saturated heterocycles. The number of benzene rings is 1. The number of nitrogens with two attached hydrogens (primary N) is 1. The van der Waals surface area contributed by atoms with Gasteiger partial charge in [-0.15, -0.1) is 0 Å². The summed E-state index contributed by atoms with van der Waals surface area (Å²) in [4.78, 5) is 25.7. The van der Waals surface area contributed by atoms with Crippen molar-refractivity contribution in [2.75, 3.05) is 25.0 Å². The van der Waals surface area contributed by atoms with Gasteiger partial charge in [-0.1, -0.05) is 6.07 Å². The quantitative estimate of drug-likeness (QED) is 0.859. The number of piperidine rings is 1. The van der Waals surface area contributed by atoms with Crippen LogP contribution in [-0.4, -0.2) is 42.5 Å². The van der Waals surface area contributed by atoms with E-state index in [0.29, 0.717) is 24.5 Å². The normalized spacial score (nSPS) is 18.6. The van der Waals surface area contributed by atoms with Gasteiger partial charge in [0.15, 0.2) is 6.61 Å². The molecule has 1 aromatic rings. The Labute approximate surface area is 136 Å². The van der Waals surface area contributed by atoms with Gasteiger partial charge < -0.3 is 20.7 Å². The van der Waals surface area contributed by atoms with E-state index in [2.05, 4.69) is 5.32 Å². The number of nitrogens with one attached hydrogen (secondary N) is 1. The lowest BCUT2D eigenvalue weighted by atomic mass is 10.1. The van der Waals surface area contributed by atoms with E-state index in [1.165, 1.54) is 0 Å². The van der Waals surface area contributed by atoms with Crippen LogP contribution in [0.3, 0.4) is 0 Å². The number of hydrogen-bond acceptors (Lipinski definition) is 4. The summed E-state index contributed by atoms with van der Waals surface area (Å²) in [6, 6.07) is 7.36. The van der Waals surface area contributed by atoms with Crippen molar-refractivity contribution < 1.29 is 14.3 Å². The Bertz CT molecular complexity index is 578. The van der Waals surface area contributed by atoms with Crippen molar-refractivity contribution in [2.24, 2.45) is 11.7 Å². The molecule has 124 valence electrons. The molecule has 1 saturated carbocycles. The first-order chi connectivity index (χ1) is 11.1. The summed E-state index contributed by atoms with van der Waals surface area (Å²) in [7, 11) is 0.